The molecule has 32 heavy (non-hydrogen) atoms. The van der Waals surface area contributed by atoms with Gasteiger partial charge in [-0.3, -0.25) is 14.4 Å². The van der Waals surface area contributed by atoms with Crippen molar-refractivity contribution in [2.45, 2.75) is 47.1 Å². The second-order valence-corrected chi connectivity index (χ2v) is 11.3. The van der Waals surface area contributed by atoms with Crippen LogP contribution in [0.2, 0.25) is 0 Å². The molecule has 174 valence electrons. The number of ether oxygens (including phenoxy) is 2. The molecule has 0 bridgehead atoms. The van der Waals surface area contributed by atoms with Crippen LogP contribution in [0, 0.1) is 0 Å². The molecular formula is C20H21Cl3N2O6S. The number of benzene rings is 1. The van der Waals surface area contributed by atoms with Gasteiger partial charge in [0.1, 0.15) is 23.6 Å². The fourth-order valence-electron chi connectivity index (χ4n) is 3.71. The van der Waals surface area contributed by atoms with Crippen molar-refractivity contribution >= 4 is 70.3 Å². The molecule has 0 aromatic heterocycles. The van der Waals surface area contributed by atoms with Gasteiger partial charge in [-0.05, 0) is 12.5 Å². The molecule has 0 aliphatic carbocycles. The van der Waals surface area contributed by atoms with E-state index in [1.54, 1.807) is 0 Å². The summed E-state index contributed by atoms with van der Waals surface area (Å²) >= 11 is 18.3. The predicted molar refractivity (Wildman–Crippen MR) is 120 cm³/mol. The highest BCUT2D eigenvalue weighted by Gasteiger charge is 2.63. The molecule has 0 radical (unpaired) electrons. The van der Waals surface area contributed by atoms with E-state index in [0.29, 0.717) is 0 Å². The van der Waals surface area contributed by atoms with Crippen molar-refractivity contribution < 1.29 is 28.7 Å². The summed E-state index contributed by atoms with van der Waals surface area (Å²) in [6.45, 7) is 2.20. The van der Waals surface area contributed by atoms with Crippen molar-refractivity contribution in [3.8, 4) is 0 Å². The number of alkyl halides is 3. The maximum atomic E-state index is 12.9. The van der Waals surface area contributed by atoms with Crippen LogP contribution in [-0.2, 0) is 35.1 Å². The number of β-lactam (4-membered cyclic amide) rings is 1. The van der Waals surface area contributed by atoms with E-state index in [9.17, 15) is 19.2 Å². The van der Waals surface area contributed by atoms with Crippen molar-refractivity contribution in [2.75, 3.05) is 12.4 Å². The maximum Gasteiger partial charge on any atom is 0.333 e. The first-order valence-corrected chi connectivity index (χ1v) is 11.8. The van der Waals surface area contributed by atoms with Crippen LogP contribution in [0.5, 0.6) is 0 Å². The minimum absolute atomic E-state index is 0.113. The Morgan fingerprint density at radius 2 is 1.91 bits per heavy atom. The van der Waals surface area contributed by atoms with Crippen LogP contribution >= 0.6 is 46.6 Å². The largest absolute Gasteiger partial charge is 0.459 e. The van der Waals surface area contributed by atoms with Crippen molar-refractivity contribution in [1.29, 1.82) is 0 Å². The predicted octanol–water partition coefficient (Wildman–Crippen LogP) is 2.23. The summed E-state index contributed by atoms with van der Waals surface area (Å²) in [4.78, 5) is 51.2. The highest BCUT2D eigenvalue weighted by molar-refractivity contribution is 8.00. The van der Waals surface area contributed by atoms with E-state index < -0.39 is 51.3 Å². The van der Waals surface area contributed by atoms with Crippen LogP contribution in [0.1, 0.15) is 19.4 Å². The Bertz CT molecular complexity index is 912. The van der Waals surface area contributed by atoms with Crippen molar-refractivity contribution in [3.05, 3.63) is 35.9 Å². The summed E-state index contributed by atoms with van der Waals surface area (Å²) in [6, 6.07) is 7.03. The van der Waals surface area contributed by atoms with Crippen molar-refractivity contribution in [3.63, 3.8) is 0 Å². The average Bonchev–Trinajstić information content (AvgIpc) is 2.69. The van der Waals surface area contributed by atoms with Crippen LogP contribution in [0.15, 0.2) is 30.3 Å². The Balaban J connectivity index is 1.74. The zero-order valence-electron chi connectivity index (χ0n) is 17.2. The highest BCUT2D eigenvalue weighted by atomic mass is 35.6. The van der Waals surface area contributed by atoms with E-state index in [1.165, 1.54) is 30.5 Å². The van der Waals surface area contributed by atoms with Crippen LogP contribution in [0.3, 0.4) is 0 Å². The van der Waals surface area contributed by atoms with Crippen LogP contribution in [0.25, 0.3) is 0 Å². The Morgan fingerprint density at radius 1 is 1.25 bits per heavy atom. The Labute approximate surface area is 204 Å². The molecule has 2 amide bonds. The molecule has 2 aliphatic rings. The lowest BCUT2D eigenvalue weighted by atomic mass is 9.90. The fourth-order valence-corrected chi connectivity index (χ4v) is 5.35. The van der Waals surface area contributed by atoms with Gasteiger partial charge >= 0.3 is 11.9 Å². The molecule has 3 unspecified atom stereocenters. The summed E-state index contributed by atoms with van der Waals surface area (Å²) < 4.78 is 8.66. The molecule has 1 aromatic rings. The molecule has 2 heterocycles. The first-order valence-electron chi connectivity index (χ1n) is 9.61. The van der Waals surface area contributed by atoms with E-state index in [2.05, 4.69) is 5.32 Å². The number of fused-ring (bicyclic) bond motifs is 1. The summed E-state index contributed by atoms with van der Waals surface area (Å²) in [5.74, 6) is -2.10. The highest BCUT2D eigenvalue weighted by Crippen LogP contribution is 2.44. The van der Waals surface area contributed by atoms with Gasteiger partial charge in [0.15, 0.2) is 6.04 Å². The molecule has 2 saturated heterocycles. The smallest absolute Gasteiger partial charge is 0.333 e. The number of carbonyl (C=O) groups is 4. The van der Waals surface area contributed by atoms with E-state index >= 15 is 0 Å². The molecule has 2 aliphatic heterocycles. The van der Waals surface area contributed by atoms with E-state index in [1.807, 2.05) is 30.3 Å². The van der Waals surface area contributed by atoms with Gasteiger partial charge in [-0.25, -0.2) is 4.79 Å². The standard InChI is InChI=1S/C20H21Cl3N2O6S/c1-11(26)31-19(2)10-32-17-14(24-13(27)8-12-6-4-3-5-7-12)16(28)25(17)15(19)18(29)30-9-20(21,22)23/h3-7,14-15,17H,8-10H2,1-2H3,(H,24,27)/t14?,15?,17-,19?/m1/s1. The summed E-state index contributed by atoms with van der Waals surface area (Å²) in [5, 5.41) is 2.19. The molecule has 2 fully saturated rings. The lowest BCUT2D eigenvalue weighted by Crippen LogP contribution is -2.79. The molecule has 12 heteroatoms. The number of halogens is 3. The molecule has 8 nitrogen and oxygen atoms in total. The minimum Gasteiger partial charge on any atom is -0.459 e. The summed E-state index contributed by atoms with van der Waals surface area (Å²) in [6.07, 6.45) is 0.113. The molecule has 0 saturated carbocycles. The number of amides is 2. The lowest BCUT2D eigenvalue weighted by molar-refractivity contribution is -0.186. The second kappa shape index (κ2) is 9.67. The topological polar surface area (TPSA) is 102 Å². The third-order valence-electron chi connectivity index (χ3n) is 4.98. The van der Waals surface area contributed by atoms with E-state index in [4.69, 9.17) is 44.3 Å². The fraction of sp³-hybridized carbons (Fsp3) is 0.500. The number of thioether (sulfide) groups is 1. The summed E-state index contributed by atoms with van der Waals surface area (Å²) in [5.41, 5.74) is -0.549. The molecule has 1 aromatic carbocycles. The van der Waals surface area contributed by atoms with Crippen LogP contribution in [0.4, 0.5) is 0 Å². The number of hydrogen-bond donors (Lipinski definition) is 1. The average molecular weight is 524 g/mol. The maximum absolute atomic E-state index is 12.9. The number of hydrogen-bond acceptors (Lipinski definition) is 7. The van der Waals surface area contributed by atoms with Gasteiger partial charge in [-0.2, -0.15) is 0 Å². The zero-order valence-corrected chi connectivity index (χ0v) is 20.3. The van der Waals surface area contributed by atoms with Gasteiger partial charge in [0, 0.05) is 12.7 Å². The van der Waals surface area contributed by atoms with Gasteiger partial charge in [-0.15, -0.1) is 11.8 Å². The molecular weight excluding hydrogens is 503 g/mol. The molecule has 0 spiro atoms. The van der Waals surface area contributed by atoms with E-state index in [0.717, 1.165) is 5.56 Å². The lowest BCUT2D eigenvalue weighted by Gasteiger charge is -2.57. The molecule has 4 atom stereocenters. The third kappa shape index (κ3) is 5.62. The number of nitrogens with one attached hydrogen (secondary N) is 1. The molecule has 3 rings (SSSR count). The van der Waals surface area contributed by atoms with Gasteiger partial charge in [0.2, 0.25) is 15.6 Å². The second-order valence-electron chi connectivity index (χ2n) is 7.69. The quantitative estimate of drug-likeness (QED) is 0.347. The van der Waals surface area contributed by atoms with Crippen LogP contribution in [-0.4, -0.2) is 67.9 Å². The van der Waals surface area contributed by atoms with Crippen molar-refractivity contribution in [2.24, 2.45) is 0 Å². The van der Waals surface area contributed by atoms with Gasteiger partial charge in [-0.1, -0.05) is 65.1 Å². The number of carbonyl (C=O) groups excluding carboxylic acids is 4. The van der Waals surface area contributed by atoms with Gasteiger partial charge in [0.25, 0.3) is 0 Å². The normalized spacial score (nSPS) is 27.1. The first-order chi connectivity index (χ1) is 14.9. The van der Waals surface area contributed by atoms with Crippen LogP contribution < -0.4 is 5.32 Å². The Morgan fingerprint density at radius 3 is 2.50 bits per heavy atom. The number of rotatable bonds is 6. The van der Waals surface area contributed by atoms with Gasteiger partial charge < -0.3 is 19.7 Å². The number of esters is 2. The monoisotopic (exact) mass is 522 g/mol. The van der Waals surface area contributed by atoms with E-state index in [-0.39, 0.29) is 18.1 Å². The minimum atomic E-state index is -1.84. The summed E-state index contributed by atoms with van der Waals surface area (Å²) in [7, 11) is 0. The van der Waals surface area contributed by atoms with Gasteiger partial charge in [0.05, 0.1) is 6.42 Å². The SMILES string of the molecule is CC(=O)OC1(C)CS[C@@H]2C(NC(=O)Cc3ccccc3)C(=O)N2C1C(=O)OCC(Cl)(Cl)Cl. The first kappa shape index (κ1) is 25.0. The zero-order chi connectivity index (χ0) is 23.7. The number of nitrogens with zero attached hydrogens (tertiary/aromatic N) is 1. The van der Waals surface area contributed by atoms with Crippen molar-refractivity contribution in [1.82, 2.24) is 10.2 Å². The third-order valence-corrected chi connectivity index (χ3v) is 6.89. The Kier molecular flexibility index (Phi) is 7.54. The Hall–Kier alpha value is -1.68. The molecule has 1 N–H and O–H groups in total.